The summed E-state index contributed by atoms with van der Waals surface area (Å²) in [5.74, 6) is 0.0836. The molecule has 0 aliphatic rings. The minimum Gasteiger partial charge on any atom is -0.495 e. The Morgan fingerprint density at radius 2 is 1.85 bits per heavy atom. The van der Waals surface area contributed by atoms with E-state index in [0.717, 1.165) is 9.58 Å². The Morgan fingerprint density at radius 3 is 2.62 bits per heavy atom. The number of ether oxygens (including phenoxy) is 1. The third-order valence-corrected chi connectivity index (χ3v) is 6.33. The molecule has 170 valence electrons. The summed E-state index contributed by atoms with van der Waals surface area (Å²) in [4.78, 5) is 31.7. The molecule has 2 aromatic heterocycles. The topological polar surface area (TPSA) is 90.5 Å². The van der Waals surface area contributed by atoms with Gasteiger partial charge in [0.15, 0.2) is 5.65 Å². The number of anilines is 1. The number of hydrogen-bond acceptors (Lipinski definition) is 6. The molecule has 0 bridgehead atoms. The number of halogens is 1. The molecule has 0 spiro atoms. The first kappa shape index (κ1) is 22.0. The summed E-state index contributed by atoms with van der Waals surface area (Å²) in [5, 5.41) is 8.14. The second-order valence-electron chi connectivity index (χ2n) is 7.32. The highest BCUT2D eigenvalue weighted by molar-refractivity contribution is 7.99. The van der Waals surface area contributed by atoms with Gasteiger partial charge in [-0.1, -0.05) is 53.7 Å². The van der Waals surface area contributed by atoms with Crippen LogP contribution in [0.5, 0.6) is 5.75 Å². The maximum Gasteiger partial charge on any atom is 0.351 e. The van der Waals surface area contributed by atoms with Crippen molar-refractivity contribution in [3.8, 4) is 5.75 Å². The van der Waals surface area contributed by atoms with Crippen LogP contribution in [0.25, 0.3) is 16.7 Å². The molecule has 0 saturated heterocycles. The van der Waals surface area contributed by atoms with Crippen molar-refractivity contribution in [2.24, 2.45) is 0 Å². The Morgan fingerprint density at radius 1 is 1.09 bits per heavy atom. The number of hydrogen-bond donors (Lipinski definition) is 1. The zero-order valence-corrected chi connectivity index (χ0v) is 19.5. The van der Waals surface area contributed by atoms with E-state index in [1.807, 2.05) is 48.5 Å². The van der Waals surface area contributed by atoms with E-state index in [1.165, 1.54) is 23.3 Å². The number of rotatable bonds is 6. The first-order chi connectivity index (χ1) is 16.5. The van der Waals surface area contributed by atoms with E-state index in [0.29, 0.717) is 38.2 Å². The molecule has 1 amide bonds. The van der Waals surface area contributed by atoms with Crippen molar-refractivity contribution in [2.45, 2.75) is 16.5 Å². The predicted octanol–water partition coefficient (Wildman–Crippen LogP) is 4.50. The summed E-state index contributed by atoms with van der Waals surface area (Å²) < 4.78 is 7.76. The lowest BCUT2D eigenvalue weighted by molar-refractivity contribution is -0.117. The van der Waals surface area contributed by atoms with Crippen molar-refractivity contribution in [2.75, 3.05) is 12.4 Å². The molecule has 0 aliphatic carbocycles. The summed E-state index contributed by atoms with van der Waals surface area (Å²) in [6.07, 6.45) is 0. The van der Waals surface area contributed by atoms with Gasteiger partial charge in [0.2, 0.25) is 5.91 Å². The molecule has 10 heteroatoms. The van der Waals surface area contributed by atoms with Crippen molar-refractivity contribution in [3.05, 3.63) is 88.3 Å². The van der Waals surface area contributed by atoms with Crippen LogP contribution in [0.1, 0.15) is 0 Å². The van der Waals surface area contributed by atoms with Gasteiger partial charge in [0.05, 0.1) is 23.2 Å². The average molecular weight is 492 g/mol. The lowest BCUT2D eigenvalue weighted by Gasteiger charge is -2.07. The van der Waals surface area contributed by atoms with Gasteiger partial charge in [0.1, 0.15) is 17.3 Å². The van der Waals surface area contributed by atoms with Crippen LogP contribution >= 0.6 is 23.4 Å². The summed E-state index contributed by atoms with van der Waals surface area (Å²) >= 11 is 7.54. The van der Waals surface area contributed by atoms with Gasteiger partial charge in [0.25, 0.3) is 0 Å². The average Bonchev–Trinajstić information content (AvgIpc) is 3.16. The highest BCUT2D eigenvalue weighted by Crippen LogP contribution is 2.30. The second kappa shape index (κ2) is 9.20. The number of benzene rings is 3. The van der Waals surface area contributed by atoms with Gasteiger partial charge < -0.3 is 10.1 Å². The maximum atomic E-state index is 13.3. The second-order valence-corrected chi connectivity index (χ2v) is 8.79. The van der Waals surface area contributed by atoms with Crippen LogP contribution in [0.3, 0.4) is 0 Å². The first-order valence-corrected chi connectivity index (χ1v) is 11.5. The highest BCUT2D eigenvalue weighted by Gasteiger charge is 2.18. The number of para-hydroxylation sites is 2. The number of carbonyl (C=O) groups excluding carboxylic acids is 1. The third kappa shape index (κ3) is 4.23. The van der Waals surface area contributed by atoms with Gasteiger partial charge in [-0.2, -0.15) is 0 Å². The minimum absolute atomic E-state index is 0.270. The van der Waals surface area contributed by atoms with Gasteiger partial charge >= 0.3 is 5.69 Å². The molecule has 0 atom stereocenters. The fraction of sp³-hybridized carbons (Fsp3) is 0.0833. The molecule has 8 nitrogen and oxygen atoms in total. The SMILES string of the molecule is COc1ccc(NC(=O)Cn2nc3c(Sc4ccccc4)nc4ccccc4n3c2=O)cc1Cl. The number of aromatic nitrogens is 4. The lowest BCUT2D eigenvalue weighted by Crippen LogP contribution is -2.28. The van der Waals surface area contributed by atoms with E-state index in [-0.39, 0.29) is 6.54 Å². The molecule has 1 N–H and O–H groups in total. The molecule has 5 rings (SSSR count). The van der Waals surface area contributed by atoms with Gasteiger partial charge in [-0.05, 0) is 42.5 Å². The van der Waals surface area contributed by atoms with Crippen LogP contribution in [0.2, 0.25) is 5.02 Å². The van der Waals surface area contributed by atoms with Crippen LogP contribution < -0.4 is 15.7 Å². The fourth-order valence-corrected chi connectivity index (χ4v) is 4.66. The fourth-order valence-electron chi connectivity index (χ4n) is 3.52. The molecule has 0 saturated carbocycles. The Hall–Kier alpha value is -3.82. The van der Waals surface area contributed by atoms with Crippen molar-refractivity contribution >= 4 is 51.6 Å². The van der Waals surface area contributed by atoms with Crippen LogP contribution in [-0.4, -0.2) is 32.2 Å². The summed E-state index contributed by atoms with van der Waals surface area (Å²) in [7, 11) is 1.51. The molecule has 2 heterocycles. The molecular formula is C24H18ClN5O3S. The molecular weight excluding hydrogens is 474 g/mol. The van der Waals surface area contributed by atoms with Crippen molar-refractivity contribution in [1.29, 1.82) is 0 Å². The van der Waals surface area contributed by atoms with Crippen LogP contribution in [0.15, 0.2) is 87.5 Å². The molecule has 3 aromatic carbocycles. The third-order valence-electron chi connectivity index (χ3n) is 5.06. The molecule has 0 radical (unpaired) electrons. The number of amides is 1. The van der Waals surface area contributed by atoms with Gasteiger partial charge in [-0.15, -0.1) is 5.10 Å². The largest absolute Gasteiger partial charge is 0.495 e. The Kier molecular flexibility index (Phi) is 5.95. The first-order valence-electron chi connectivity index (χ1n) is 10.3. The number of methoxy groups -OCH3 is 1. The zero-order valence-electron chi connectivity index (χ0n) is 17.9. The van der Waals surface area contributed by atoms with E-state index in [1.54, 1.807) is 24.3 Å². The van der Waals surface area contributed by atoms with Gasteiger partial charge in [-0.25, -0.2) is 18.9 Å². The standard InChI is InChI=1S/C24H18ClN5O3S/c1-33-20-12-11-15(13-17(20)25)26-21(31)14-29-24(32)30-19-10-6-5-9-18(19)27-23(22(30)28-29)34-16-7-3-2-4-8-16/h2-13H,14H2,1H3,(H,26,31). The van der Waals surface area contributed by atoms with Crippen molar-refractivity contribution in [1.82, 2.24) is 19.2 Å². The normalized spacial score (nSPS) is 11.1. The van der Waals surface area contributed by atoms with Crippen molar-refractivity contribution < 1.29 is 9.53 Å². The predicted molar refractivity (Wildman–Crippen MR) is 132 cm³/mol. The smallest absolute Gasteiger partial charge is 0.351 e. The van der Waals surface area contributed by atoms with Gasteiger partial charge in [0, 0.05) is 10.6 Å². The summed E-state index contributed by atoms with van der Waals surface area (Å²) in [6.45, 7) is -0.270. The van der Waals surface area contributed by atoms with Crippen LogP contribution in [0, 0.1) is 0 Å². The Bertz CT molecular complexity index is 1580. The molecule has 5 aromatic rings. The number of nitrogens with one attached hydrogen (secondary N) is 1. The van der Waals surface area contributed by atoms with E-state index in [2.05, 4.69) is 10.4 Å². The minimum atomic E-state index is -0.425. The monoisotopic (exact) mass is 491 g/mol. The number of nitrogens with zero attached hydrogens (tertiary/aromatic N) is 4. The van der Waals surface area contributed by atoms with Crippen LogP contribution in [-0.2, 0) is 11.3 Å². The summed E-state index contributed by atoms with van der Waals surface area (Å²) in [6, 6.07) is 22.0. The van der Waals surface area contributed by atoms with Gasteiger partial charge in [-0.3, -0.25) is 4.79 Å². The lowest BCUT2D eigenvalue weighted by atomic mass is 10.3. The Labute approximate surface area is 203 Å². The zero-order chi connectivity index (χ0) is 23.7. The highest BCUT2D eigenvalue weighted by atomic mass is 35.5. The maximum absolute atomic E-state index is 13.3. The molecule has 34 heavy (non-hydrogen) atoms. The number of carbonyl (C=O) groups is 1. The molecule has 0 aliphatic heterocycles. The van der Waals surface area contributed by atoms with Crippen LogP contribution in [0.4, 0.5) is 5.69 Å². The van der Waals surface area contributed by atoms with Crippen molar-refractivity contribution in [3.63, 3.8) is 0 Å². The Balaban J connectivity index is 1.52. The molecule has 0 fully saturated rings. The number of fused-ring (bicyclic) bond motifs is 3. The van der Waals surface area contributed by atoms with E-state index >= 15 is 0 Å². The van der Waals surface area contributed by atoms with E-state index in [9.17, 15) is 9.59 Å². The quantitative estimate of drug-likeness (QED) is 0.376. The summed E-state index contributed by atoms with van der Waals surface area (Å²) in [5.41, 5.74) is 1.73. The van der Waals surface area contributed by atoms with E-state index in [4.69, 9.17) is 21.3 Å². The molecule has 0 unspecified atom stereocenters. The van der Waals surface area contributed by atoms with E-state index < -0.39 is 11.6 Å².